The van der Waals surface area contributed by atoms with Crippen LogP contribution in [0.25, 0.3) is 4.98 Å². The SMILES string of the molecule is N#[N+]c1cc(NCl)c(Cc2ccccc2)cc1NCl. The molecule has 0 atom stereocenters. The number of halogens is 2. The average molecular weight is 294 g/mol. The fourth-order valence-electron chi connectivity index (χ4n) is 1.84. The third-order valence-electron chi connectivity index (χ3n) is 2.77. The number of nitrogens with zero attached hydrogens (tertiary/aromatic N) is 2. The Bertz CT molecular complexity index is 608. The van der Waals surface area contributed by atoms with Crippen LogP contribution in [0.1, 0.15) is 11.1 Å². The predicted octanol–water partition coefficient (Wildman–Crippen LogP) is 4.89. The molecular formula is C13H11Cl2N4+. The fraction of sp³-hybridized carbons (Fsp3) is 0.0769. The second-order valence-corrected chi connectivity index (χ2v) is 4.36. The van der Waals surface area contributed by atoms with E-state index in [2.05, 4.69) is 14.6 Å². The summed E-state index contributed by atoms with van der Waals surface area (Å²) in [6, 6.07) is 13.4. The van der Waals surface area contributed by atoms with Gasteiger partial charge in [-0.05, 0) is 23.6 Å². The summed E-state index contributed by atoms with van der Waals surface area (Å²) in [5, 5.41) is 8.91. The maximum atomic E-state index is 8.91. The molecule has 0 saturated carbocycles. The topological polar surface area (TPSA) is 52.2 Å². The maximum absolute atomic E-state index is 8.91. The Morgan fingerprint density at radius 3 is 2.26 bits per heavy atom. The minimum atomic E-state index is 0.315. The van der Waals surface area contributed by atoms with E-state index in [1.54, 1.807) is 12.1 Å². The van der Waals surface area contributed by atoms with Crippen molar-refractivity contribution in [1.29, 1.82) is 5.39 Å². The minimum Gasteiger partial charge on any atom is -0.298 e. The van der Waals surface area contributed by atoms with Gasteiger partial charge in [-0.3, -0.25) is 9.67 Å². The third-order valence-corrected chi connectivity index (χ3v) is 3.18. The molecule has 0 aliphatic heterocycles. The molecular weight excluding hydrogens is 283 g/mol. The zero-order valence-electron chi connectivity index (χ0n) is 9.90. The van der Waals surface area contributed by atoms with E-state index in [9.17, 15) is 0 Å². The highest BCUT2D eigenvalue weighted by Crippen LogP contribution is 2.34. The molecule has 2 N–H and O–H groups in total. The van der Waals surface area contributed by atoms with Crippen LogP contribution in [0.2, 0.25) is 0 Å². The Kier molecular flexibility index (Phi) is 4.45. The van der Waals surface area contributed by atoms with E-state index in [4.69, 9.17) is 28.9 Å². The van der Waals surface area contributed by atoms with Crippen LogP contribution in [0.5, 0.6) is 0 Å². The molecule has 2 aromatic rings. The van der Waals surface area contributed by atoms with Gasteiger partial charge in [0.15, 0.2) is 4.98 Å². The van der Waals surface area contributed by atoms with E-state index in [0.717, 1.165) is 11.1 Å². The van der Waals surface area contributed by atoms with Crippen molar-refractivity contribution in [3.8, 4) is 0 Å². The zero-order chi connectivity index (χ0) is 13.7. The summed E-state index contributed by atoms with van der Waals surface area (Å²) >= 11 is 11.3. The molecule has 0 bridgehead atoms. The molecule has 19 heavy (non-hydrogen) atoms. The standard InChI is InChI=1S/C13H10Cl2N4/c14-17-11-8-13(19-16)12(18-15)7-10(11)6-9-4-2-1-3-5-9/h1-5,7-8,16H,6H2/p+1. The van der Waals surface area contributed by atoms with Crippen LogP contribution in [-0.2, 0) is 6.42 Å². The van der Waals surface area contributed by atoms with Gasteiger partial charge in [0.1, 0.15) is 5.69 Å². The summed E-state index contributed by atoms with van der Waals surface area (Å²) in [6.45, 7) is 0. The van der Waals surface area contributed by atoms with E-state index in [-0.39, 0.29) is 0 Å². The van der Waals surface area contributed by atoms with E-state index < -0.39 is 0 Å². The smallest absolute Gasteiger partial charge is 0.298 e. The van der Waals surface area contributed by atoms with Crippen molar-refractivity contribution in [3.63, 3.8) is 0 Å². The van der Waals surface area contributed by atoms with Gasteiger partial charge < -0.3 is 0 Å². The summed E-state index contributed by atoms with van der Waals surface area (Å²) in [5.74, 6) is 0. The first kappa shape index (κ1) is 13.5. The Morgan fingerprint density at radius 1 is 1.00 bits per heavy atom. The Hall–Kier alpha value is -1.96. The highest BCUT2D eigenvalue weighted by Gasteiger charge is 2.18. The lowest BCUT2D eigenvalue weighted by Gasteiger charge is -2.08. The highest BCUT2D eigenvalue weighted by molar-refractivity contribution is 6.26. The van der Waals surface area contributed by atoms with E-state index >= 15 is 0 Å². The lowest BCUT2D eigenvalue weighted by Crippen LogP contribution is -1.95. The summed E-state index contributed by atoms with van der Waals surface area (Å²) in [4.78, 5) is 8.20. The summed E-state index contributed by atoms with van der Waals surface area (Å²) in [5.41, 5.74) is 3.59. The minimum absolute atomic E-state index is 0.315. The van der Waals surface area contributed by atoms with Gasteiger partial charge in [-0.15, -0.1) is 0 Å². The molecule has 6 heteroatoms. The van der Waals surface area contributed by atoms with Crippen LogP contribution in [0.15, 0.2) is 42.5 Å². The quantitative estimate of drug-likeness (QED) is 0.623. The number of rotatable bonds is 4. The summed E-state index contributed by atoms with van der Waals surface area (Å²) in [6.07, 6.45) is 0.688. The van der Waals surface area contributed by atoms with Gasteiger partial charge in [0, 0.05) is 23.6 Å². The molecule has 4 nitrogen and oxygen atoms in total. The molecule has 0 aliphatic rings. The largest absolute Gasteiger partial charge is 0.411 e. The lowest BCUT2D eigenvalue weighted by atomic mass is 10.0. The van der Waals surface area contributed by atoms with Gasteiger partial charge in [-0.1, -0.05) is 30.3 Å². The second-order valence-electron chi connectivity index (χ2n) is 3.98. The Labute approximate surface area is 121 Å². The Balaban J connectivity index is 2.42. The van der Waals surface area contributed by atoms with Crippen molar-refractivity contribution in [2.24, 2.45) is 0 Å². The van der Waals surface area contributed by atoms with Gasteiger partial charge in [0.25, 0.3) is 0 Å². The first-order chi connectivity index (χ1) is 9.28. The fourth-order valence-corrected chi connectivity index (χ4v) is 2.17. The number of nitrogens with one attached hydrogen (secondary N) is 2. The van der Waals surface area contributed by atoms with E-state index in [0.29, 0.717) is 23.5 Å². The molecule has 0 unspecified atom stereocenters. The molecule has 0 aliphatic carbocycles. The molecule has 96 valence electrons. The number of hydrogen-bond acceptors (Lipinski definition) is 3. The van der Waals surface area contributed by atoms with Crippen LogP contribution < -0.4 is 9.67 Å². The number of anilines is 2. The summed E-state index contributed by atoms with van der Waals surface area (Å²) in [7, 11) is 0. The summed E-state index contributed by atoms with van der Waals surface area (Å²) < 4.78 is 0. The van der Waals surface area contributed by atoms with Crippen molar-refractivity contribution < 1.29 is 0 Å². The van der Waals surface area contributed by atoms with E-state index in [1.165, 1.54) is 0 Å². The number of diazo groups is 1. The van der Waals surface area contributed by atoms with Crippen LogP contribution in [-0.4, -0.2) is 0 Å². The average Bonchev–Trinajstić information content (AvgIpc) is 2.47. The molecule has 2 aromatic carbocycles. The van der Waals surface area contributed by atoms with Crippen molar-refractivity contribution in [2.45, 2.75) is 6.42 Å². The molecule has 0 radical (unpaired) electrons. The monoisotopic (exact) mass is 293 g/mol. The normalized spacial score (nSPS) is 9.74. The molecule has 0 aromatic heterocycles. The lowest BCUT2D eigenvalue weighted by molar-refractivity contribution is 1.20. The van der Waals surface area contributed by atoms with E-state index in [1.807, 2.05) is 30.3 Å². The van der Waals surface area contributed by atoms with Gasteiger partial charge >= 0.3 is 5.69 Å². The molecule has 0 spiro atoms. The molecule has 0 fully saturated rings. The van der Waals surface area contributed by atoms with Gasteiger partial charge in [-0.2, -0.15) is 0 Å². The molecule has 0 amide bonds. The molecule has 2 rings (SSSR count). The molecule has 0 heterocycles. The van der Waals surface area contributed by atoms with Crippen molar-refractivity contribution in [1.82, 2.24) is 0 Å². The predicted molar refractivity (Wildman–Crippen MR) is 79.4 cm³/mol. The van der Waals surface area contributed by atoms with Gasteiger partial charge in [0.05, 0.1) is 11.8 Å². The van der Waals surface area contributed by atoms with Gasteiger partial charge in [0.2, 0.25) is 5.39 Å². The van der Waals surface area contributed by atoms with Crippen molar-refractivity contribution in [2.75, 3.05) is 9.67 Å². The Morgan fingerprint density at radius 2 is 1.68 bits per heavy atom. The maximum Gasteiger partial charge on any atom is 0.411 e. The first-order valence-electron chi connectivity index (χ1n) is 5.57. The van der Waals surface area contributed by atoms with Crippen molar-refractivity contribution >= 4 is 40.6 Å². The van der Waals surface area contributed by atoms with Crippen LogP contribution in [0.3, 0.4) is 0 Å². The highest BCUT2D eigenvalue weighted by atomic mass is 35.5. The number of hydrogen-bond donors (Lipinski definition) is 2. The zero-order valence-corrected chi connectivity index (χ0v) is 11.4. The van der Waals surface area contributed by atoms with Gasteiger partial charge in [-0.25, -0.2) is 0 Å². The first-order valence-corrected chi connectivity index (χ1v) is 6.33. The second kappa shape index (κ2) is 6.28. The van der Waals surface area contributed by atoms with Crippen molar-refractivity contribution in [3.05, 3.63) is 58.6 Å². The molecule has 0 saturated heterocycles. The third kappa shape index (κ3) is 3.08. The van der Waals surface area contributed by atoms with Crippen LogP contribution in [0, 0.1) is 5.39 Å². The number of benzene rings is 2. The van der Waals surface area contributed by atoms with Crippen LogP contribution in [0.4, 0.5) is 17.1 Å². The van der Waals surface area contributed by atoms with Crippen LogP contribution >= 0.6 is 23.6 Å².